The molecule has 0 bridgehead atoms. The van der Waals surface area contributed by atoms with E-state index in [0.29, 0.717) is 0 Å². The highest BCUT2D eigenvalue weighted by atomic mass is 32.2. The molecule has 1 atom stereocenters. The molecule has 1 fully saturated rings. The Morgan fingerprint density at radius 2 is 2.13 bits per heavy atom. The summed E-state index contributed by atoms with van der Waals surface area (Å²) in [5, 5.41) is 12.7. The van der Waals surface area contributed by atoms with Crippen LogP contribution in [0.2, 0.25) is 0 Å². The summed E-state index contributed by atoms with van der Waals surface area (Å²) < 4.78 is 0. The fraction of sp³-hybridized carbons (Fsp3) is 0.412. The topological polar surface area (TPSA) is 65.5 Å². The lowest BCUT2D eigenvalue weighted by molar-refractivity contribution is 0.191. The average Bonchev–Trinajstić information content (AvgIpc) is 2.54. The molecule has 1 aliphatic heterocycles. The molecule has 0 spiro atoms. The van der Waals surface area contributed by atoms with Crippen molar-refractivity contribution in [2.45, 2.75) is 19.9 Å². The van der Waals surface area contributed by atoms with Gasteiger partial charge in [-0.15, -0.1) is 0 Å². The molecule has 2 aromatic rings. The number of amides is 1. The summed E-state index contributed by atoms with van der Waals surface area (Å²) in [7, 11) is 0. The zero-order chi connectivity index (χ0) is 16.4. The van der Waals surface area contributed by atoms with Crippen molar-refractivity contribution in [1.29, 1.82) is 0 Å². The molecule has 1 aromatic carbocycles. The number of hydrogen-bond acceptors (Lipinski definition) is 4. The van der Waals surface area contributed by atoms with Crippen LogP contribution in [-0.4, -0.2) is 40.8 Å². The lowest BCUT2D eigenvalue weighted by atomic mass is 10.0. The number of rotatable bonds is 3. The van der Waals surface area contributed by atoms with E-state index in [1.165, 1.54) is 0 Å². The predicted molar refractivity (Wildman–Crippen MR) is 95.6 cm³/mol. The number of para-hydroxylation sites is 1. The Morgan fingerprint density at radius 3 is 2.83 bits per heavy atom. The van der Waals surface area contributed by atoms with Crippen LogP contribution >= 0.6 is 11.8 Å². The van der Waals surface area contributed by atoms with Gasteiger partial charge in [0.2, 0.25) is 0 Å². The monoisotopic (exact) mass is 331 g/mol. The van der Waals surface area contributed by atoms with Gasteiger partial charge in [-0.1, -0.05) is 18.2 Å². The van der Waals surface area contributed by atoms with Crippen LogP contribution in [-0.2, 0) is 0 Å². The lowest BCUT2D eigenvalue weighted by Gasteiger charge is -2.31. The molecule has 0 saturated carbocycles. The van der Waals surface area contributed by atoms with Crippen LogP contribution in [0, 0.1) is 6.92 Å². The number of nitrogens with one attached hydrogen (secondary N) is 1. The van der Waals surface area contributed by atoms with E-state index >= 15 is 0 Å². The van der Waals surface area contributed by atoms with Crippen LogP contribution in [0.3, 0.4) is 0 Å². The van der Waals surface area contributed by atoms with Gasteiger partial charge in [0.25, 0.3) is 0 Å². The largest absolute Gasteiger partial charge is 0.465 e. The zero-order valence-electron chi connectivity index (χ0n) is 13.4. The quantitative estimate of drug-likeness (QED) is 0.902. The Hall–Kier alpha value is -1.95. The lowest BCUT2D eigenvalue weighted by Crippen LogP contribution is -2.35. The minimum Gasteiger partial charge on any atom is -0.465 e. The second kappa shape index (κ2) is 6.66. The predicted octanol–water partition coefficient (Wildman–Crippen LogP) is 3.43. The molecular weight excluding hydrogens is 310 g/mol. The molecule has 23 heavy (non-hydrogen) atoms. The van der Waals surface area contributed by atoms with E-state index < -0.39 is 6.09 Å². The van der Waals surface area contributed by atoms with Crippen molar-refractivity contribution in [1.82, 2.24) is 10.3 Å². The van der Waals surface area contributed by atoms with Crippen molar-refractivity contribution in [3.8, 4) is 0 Å². The molecule has 3 rings (SSSR count). The summed E-state index contributed by atoms with van der Waals surface area (Å²) in [5.41, 5.74) is 3.07. The third kappa shape index (κ3) is 3.37. The molecule has 1 unspecified atom stereocenters. The van der Waals surface area contributed by atoms with Gasteiger partial charge in [0, 0.05) is 35.5 Å². The summed E-state index contributed by atoms with van der Waals surface area (Å²) in [6, 6.07) is 7.88. The Balaban J connectivity index is 2.12. The number of nitrogens with zero attached hydrogens (tertiary/aromatic N) is 2. The summed E-state index contributed by atoms with van der Waals surface area (Å²) >= 11 is 1.95. The average molecular weight is 331 g/mol. The summed E-state index contributed by atoms with van der Waals surface area (Å²) in [5.74, 6) is 3.06. The molecular formula is C17H21N3O2S. The maximum atomic E-state index is 11.0. The number of benzene rings is 1. The number of thioether (sulfide) groups is 1. The van der Waals surface area contributed by atoms with Crippen LogP contribution in [0.4, 0.5) is 10.6 Å². The van der Waals surface area contributed by atoms with Gasteiger partial charge in [0.05, 0.1) is 11.6 Å². The fourth-order valence-electron chi connectivity index (χ4n) is 2.96. The van der Waals surface area contributed by atoms with Crippen molar-refractivity contribution in [2.24, 2.45) is 0 Å². The number of aromatic nitrogens is 1. The van der Waals surface area contributed by atoms with Crippen LogP contribution in [0.5, 0.6) is 0 Å². The normalized spacial score (nSPS) is 16.3. The molecule has 5 nitrogen and oxygen atoms in total. The molecule has 1 aliphatic rings. The van der Waals surface area contributed by atoms with Crippen molar-refractivity contribution in [3.05, 3.63) is 35.4 Å². The first kappa shape index (κ1) is 15.9. The smallest absolute Gasteiger partial charge is 0.405 e. The first-order valence-electron chi connectivity index (χ1n) is 7.78. The third-order valence-corrected chi connectivity index (χ3v) is 5.12. The highest BCUT2D eigenvalue weighted by molar-refractivity contribution is 7.99. The number of aryl methyl sites for hydroxylation is 1. The number of anilines is 1. The van der Waals surface area contributed by atoms with E-state index in [9.17, 15) is 4.79 Å². The number of pyridine rings is 1. The van der Waals surface area contributed by atoms with E-state index in [1.54, 1.807) is 0 Å². The molecule has 2 heterocycles. The highest BCUT2D eigenvalue weighted by Gasteiger charge is 2.21. The Bertz CT molecular complexity index is 729. The van der Waals surface area contributed by atoms with Crippen LogP contribution in [0.25, 0.3) is 10.9 Å². The van der Waals surface area contributed by atoms with Gasteiger partial charge >= 0.3 is 6.09 Å². The molecule has 0 radical (unpaired) electrons. The van der Waals surface area contributed by atoms with Gasteiger partial charge in [-0.3, -0.25) is 0 Å². The van der Waals surface area contributed by atoms with Crippen molar-refractivity contribution >= 4 is 34.6 Å². The minimum absolute atomic E-state index is 0.297. The Kier molecular flexibility index (Phi) is 4.61. The Morgan fingerprint density at radius 1 is 1.39 bits per heavy atom. The number of carboxylic acid groups (broad SMARTS) is 1. The standard InChI is InChI=1S/C17H21N3O2S/c1-11-4-3-5-13-10-14(12(2)18-17(21)22)16(19-15(11)13)20-6-8-23-9-7-20/h3-5,10,12,18H,6-9H2,1-2H3,(H,21,22). The summed E-state index contributed by atoms with van der Waals surface area (Å²) in [4.78, 5) is 18.2. The van der Waals surface area contributed by atoms with Gasteiger partial charge in [0.15, 0.2) is 0 Å². The summed E-state index contributed by atoms with van der Waals surface area (Å²) in [6.45, 7) is 5.82. The van der Waals surface area contributed by atoms with Crippen LogP contribution in [0.1, 0.15) is 24.1 Å². The fourth-order valence-corrected chi connectivity index (χ4v) is 3.87. The highest BCUT2D eigenvalue weighted by Crippen LogP contribution is 2.31. The van der Waals surface area contributed by atoms with E-state index in [0.717, 1.165) is 52.4 Å². The van der Waals surface area contributed by atoms with Gasteiger partial charge < -0.3 is 15.3 Å². The molecule has 6 heteroatoms. The molecule has 0 aliphatic carbocycles. The Labute approximate surface area is 140 Å². The number of carbonyl (C=O) groups is 1. The van der Waals surface area contributed by atoms with E-state index in [1.807, 2.05) is 30.8 Å². The van der Waals surface area contributed by atoms with Crippen LogP contribution < -0.4 is 10.2 Å². The zero-order valence-corrected chi connectivity index (χ0v) is 14.2. The SMILES string of the molecule is Cc1cccc2cc(C(C)NC(=O)O)c(N3CCSCC3)nc12. The molecule has 122 valence electrons. The maximum Gasteiger partial charge on any atom is 0.405 e. The van der Waals surface area contributed by atoms with Gasteiger partial charge in [-0.2, -0.15) is 11.8 Å². The molecule has 1 aromatic heterocycles. The van der Waals surface area contributed by atoms with Gasteiger partial charge in [-0.05, 0) is 25.5 Å². The second-order valence-corrected chi connectivity index (χ2v) is 7.04. The van der Waals surface area contributed by atoms with Crippen molar-refractivity contribution in [2.75, 3.05) is 29.5 Å². The van der Waals surface area contributed by atoms with E-state index in [4.69, 9.17) is 10.1 Å². The first-order valence-corrected chi connectivity index (χ1v) is 8.94. The molecule has 1 amide bonds. The van der Waals surface area contributed by atoms with Crippen molar-refractivity contribution in [3.63, 3.8) is 0 Å². The minimum atomic E-state index is -1.01. The third-order valence-electron chi connectivity index (χ3n) is 4.17. The number of fused-ring (bicyclic) bond motifs is 1. The van der Waals surface area contributed by atoms with Gasteiger partial charge in [0.1, 0.15) is 5.82 Å². The van der Waals surface area contributed by atoms with Crippen molar-refractivity contribution < 1.29 is 9.90 Å². The second-order valence-electron chi connectivity index (χ2n) is 5.82. The summed E-state index contributed by atoms with van der Waals surface area (Å²) in [6.07, 6.45) is -1.01. The molecule has 1 saturated heterocycles. The van der Waals surface area contributed by atoms with Crippen LogP contribution in [0.15, 0.2) is 24.3 Å². The first-order chi connectivity index (χ1) is 11.1. The van der Waals surface area contributed by atoms with E-state index in [2.05, 4.69) is 29.3 Å². The van der Waals surface area contributed by atoms with Gasteiger partial charge in [-0.25, -0.2) is 9.78 Å². The van der Waals surface area contributed by atoms with E-state index in [-0.39, 0.29) is 6.04 Å². The maximum absolute atomic E-state index is 11.0. The molecule has 2 N–H and O–H groups in total. The number of hydrogen-bond donors (Lipinski definition) is 2.